The molecule has 2 N–H and O–H groups in total. The third-order valence-corrected chi connectivity index (χ3v) is 6.86. The Hall–Kier alpha value is -3.37. The highest BCUT2D eigenvalue weighted by atomic mass is 32.2. The number of nitrogens with one attached hydrogen (secondary N) is 2. The summed E-state index contributed by atoms with van der Waals surface area (Å²) in [7, 11) is -7.36. The van der Waals surface area contributed by atoms with Gasteiger partial charge in [0, 0.05) is 5.56 Å². The van der Waals surface area contributed by atoms with Gasteiger partial charge in [-0.1, -0.05) is 35.9 Å². The molecule has 0 saturated carbocycles. The van der Waals surface area contributed by atoms with Crippen LogP contribution >= 0.6 is 0 Å². The lowest BCUT2D eigenvalue weighted by molar-refractivity contribution is 0.484. The summed E-state index contributed by atoms with van der Waals surface area (Å²) in [5, 5.41) is 4.17. The molecule has 0 heterocycles. The maximum Gasteiger partial charge on any atom is 0.276 e. The lowest BCUT2D eigenvalue weighted by Crippen LogP contribution is -2.20. The van der Waals surface area contributed by atoms with Crippen molar-refractivity contribution in [3.63, 3.8) is 0 Å². The zero-order valence-electron chi connectivity index (χ0n) is 18.1. The molecular formula is C23H23N3O5S2. The van der Waals surface area contributed by atoms with Crippen molar-refractivity contribution < 1.29 is 21.6 Å². The number of nitrogens with zero attached hydrogens (tertiary/aromatic N) is 1. The quantitative estimate of drug-likeness (QED) is 0.494. The van der Waals surface area contributed by atoms with Crippen LogP contribution in [0.15, 0.2) is 76.7 Å². The van der Waals surface area contributed by atoms with E-state index in [1.807, 2.05) is 13.0 Å². The molecule has 0 saturated heterocycles. The molecule has 0 aliphatic heterocycles. The number of anilines is 1. The molecular weight excluding hydrogens is 462 g/mol. The first kappa shape index (κ1) is 22.8. The summed E-state index contributed by atoms with van der Waals surface area (Å²) < 4.78 is 57.4. The van der Waals surface area contributed by atoms with Gasteiger partial charge in [0.1, 0.15) is 5.75 Å². The van der Waals surface area contributed by atoms with Crippen molar-refractivity contribution in [2.24, 2.45) is 5.10 Å². The number of benzene rings is 3. The maximum atomic E-state index is 12.6. The summed E-state index contributed by atoms with van der Waals surface area (Å²) >= 11 is 0. The van der Waals surface area contributed by atoms with Crippen molar-refractivity contribution in [3.05, 3.63) is 83.4 Å². The van der Waals surface area contributed by atoms with Gasteiger partial charge in [0.15, 0.2) is 5.75 Å². The monoisotopic (exact) mass is 485 g/mol. The lowest BCUT2D eigenvalue weighted by atomic mass is 10.1. The van der Waals surface area contributed by atoms with Crippen molar-refractivity contribution in [1.82, 2.24) is 4.83 Å². The molecule has 0 amide bonds. The highest BCUT2D eigenvalue weighted by molar-refractivity contribution is 7.92. The van der Waals surface area contributed by atoms with E-state index in [1.54, 1.807) is 48.5 Å². The van der Waals surface area contributed by atoms with Gasteiger partial charge in [-0.25, -0.2) is 8.42 Å². The standard InChI is InChI=1S/C23H23N3O5S2/c1-16-8-11-19(12-9-16)33(29,30)26-24-21-13-10-17-14-22(25-32(2,27)28)23(15-20(17)21)31-18-6-4-3-5-7-18/h3-9,11-12,14-15,25-26H,10,13H2,1-2H3. The van der Waals surface area contributed by atoms with E-state index in [0.717, 1.165) is 17.4 Å². The SMILES string of the molecule is Cc1ccc(S(=O)(=O)NN=C2CCc3cc(NS(C)(=O)=O)c(Oc4ccccc4)cc32)cc1. The summed E-state index contributed by atoms with van der Waals surface area (Å²) in [6.07, 6.45) is 2.16. The predicted octanol–water partition coefficient (Wildman–Crippen LogP) is 3.79. The number of hydrogen-bond acceptors (Lipinski definition) is 6. The second-order valence-electron chi connectivity index (χ2n) is 7.76. The van der Waals surface area contributed by atoms with E-state index in [9.17, 15) is 16.8 Å². The number of rotatable bonds is 7. The Morgan fingerprint density at radius 1 is 0.909 bits per heavy atom. The minimum atomic E-state index is -3.82. The minimum Gasteiger partial charge on any atom is -0.455 e. The fourth-order valence-corrected chi connectivity index (χ4v) is 4.86. The van der Waals surface area contributed by atoms with Gasteiger partial charge >= 0.3 is 0 Å². The van der Waals surface area contributed by atoms with E-state index < -0.39 is 20.0 Å². The van der Waals surface area contributed by atoms with Crippen LogP contribution in [0, 0.1) is 6.92 Å². The van der Waals surface area contributed by atoms with Crippen LogP contribution in [-0.2, 0) is 26.5 Å². The van der Waals surface area contributed by atoms with Gasteiger partial charge in [0.05, 0.1) is 22.6 Å². The Labute approximate surface area is 193 Å². The van der Waals surface area contributed by atoms with Crippen LogP contribution in [0.2, 0.25) is 0 Å². The second kappa shape index (κ2) is 8.87. The number of hydrogen-bond donors (Lipinski definition) is 2. The highest BCUT2D eigenvalue weighted by Crippen LogP contribution is 2.36. The molecule has 0 aromatic heterocycles. The van der Waals surface area contributed by atoms with Crippen LogP contribution in [0.25, 0.3) is 0 Å². The average molecular weight is 486 g/mol. The Morgan fingerprint density at radius 2 is 1.61 bits per heavy atom. The van der Waals surface area contributed by atoms with Gasteiger partial charge in [0.2, 0.25) is 10.0 Å². The molecule has 4 rings (SSSR count). The van der Waals surface area contributed by atoms with Crippen LogP contribution in [0.3, 0.4) is 0 Å². The van der Waals surface area contributed by atoms with Crippen LogP contribution in [0.4, 0.5) is 5.69 Å². The summed E-state index contributed by atoms with van der Waals surface area (Å²) in [5.74, 6) is 0.826. The molecule has 3 aromatic carbocycles. The molecule has 0 spiro atoms. The van der Waals surface area contributed by atoms with Crippen molar-refractivity contribution in [3.8, 4) is 11.5 Å². The van der Waals surface area contributed by atoms with Gasteiger partial charge in [-0.3, -0.25) is 4.72 Å². The Bertz CT molecular complexity index is 1420. The first-order chi connectivity index (χ1) is 15.6. The largest absolute Gasteiger partial charge is 0.455 e. The number of fused-ring (bicyclic) bond motifs is 1. The number of ether oxygens (including phenoxy) is 1. The maximum absolute atomic E-state index is 12.6. The number of aryl methyl sites for hydroxylation is 2. The summed E-state index contributed by atoms with van der Waals surface area (Å²) in [5.41, 5.74) is 3.35. The van der Waals surface area contributed by atoms with E-state index in [4.69, 9.17) is 4.74 Å². The van der Waals surface area contributed by atoms with Gasteiger partial charge in [-0.2, -0.15) is 18.4 Å². The van der Waals surface area contributed by atoms with Gasteiger partial charge in [0.25, 0.3) is 10.0 Å². The molecule has 0 unspecified atom stereocenters. The molecule has 0 atom stereocenters. The number of hydrazone groups is 1. The highest BCUT2D eigenvalue weighted by Gasteiger charge is 2.24. The van der Waals surface area contributed by atoms with Gasteiger partial charge in [-0.15, -0.1) is 0 Å². The molecule has 8 nitrogen and oxygen atoms in total. The Kier molecular flexibility index (Phi) is 6.13. The number of para-hydroxylation sites is 1. The zero-order chi connectivity index (χ0) is 23.6. The zero-order valence-corrected chi connectivity index (χ0v) is 19.7. The van der Waals surface area contributed by atoms with E-state index in [0.29, 0.717) is 41.3 Å². The molecule has 3 aromatic rings. The first-order valence-electron chi connectivity index (χ1n) is 10.1. The van der Waals surface area contributed by atoms with Crippen LogP contribution in [-0.4, -0.2) is 28.8 Å². The van der Waals surface area contributed by atoms with E-state index in [1.165, 1.54) is 12.1 Å². The molecule has 0 radical (unpaired) electrons. The second-order valence-corrected chi connectivity index (χ2v) is 11.2. The molecule has 1 aliphatic carbocycles. The summed E-state index contributed by atoms with van der Waals surface area (Å²) in [6.45, 7) is 1.88. The fourth-order valence-electron chi connectivity index (χ4n) is 3.47. The topological polar surface area (TPSA) is 114 Å². The average Bonchev–Trinajstić information content (AvgIpc) is 3.14. The lowest BCUT2D eigenvalue weighted by Gasteiger charge is -2.14. The van der Waals surface area contributed by atoms with Crippen molar-refractivity contribution >= 4 is 31.4 Å². The fraction of sp³-hybridized carbons (Fsp3) is 0.174. The van der Waals surface area contributed by atoms with Crippen LogP contribution in [0.5, 0.6) is 11.5 Å². The molecule has 10 heteroatoms. The van der Waals surface area contributed by atoms with Gasteiger partial charge in [-0.05, 0) is 61.7 Å². The van der Waals surface area contributed by atoms with E-state index in [-0.39, 0.29) is 4.90 Å². The van der Waals surface area contributed by atoms with Crippen LogP contribution < -0.4 is 14.3 Å². The smallest absolute Gasteiger partial charge is 0.276 e. The Balaban J connectivity index is 1.68. The summed E-state index contributed by atoms with van der Waals surface area (Å²) in [4.78, 5) is 2.43. The van der Waals surface area contributed by atoms with Crippen molar-refractivity contribution in [1.29, 1.82) is 0 Å². The normalized spacial score (nSPS) is 14.7. The van der Waals surface area contributed by atoms with Crippen molar-refractivity contribution in [2.75, 3.05) is 11.0 Å². The van der Waals surface area contributed by atoms with Gasteiger partial charge < -0.3 is 4.74 Å². The first-order valence-corrected chi connectivity index (χ1v) is 13.5. The molecule has 33 heavy (non-hydrogen) atoms. The molecule has 0 fully saturated rings. The predicted molar refractivity (Wildman–Crippen MR) is 128 cm³/mol. The van der Waals surface area contributed by atoms with E-state index >= 15 is 0 Å². The van der Waals surface area contributed by atoms with Crippen molar-refractivity contribution in [2.45, 2.75) is 24.7 Å². The third-order valence-electron chi connectivity index (χ3n) is 5.05. The van der Waals surface area contributed by atoms with Crippen LogP contribution in [0.1, 0.15) is 23.1 Å². The minimum absolute atomic E-state index is 0.122. The Morgan fingerprint density at radius 3 is 2.27 bits per heavy atom. The molecule has 1 aliphatic rings. The van der Waals surface area contributed by atoms with E-state index in [2.05, 4.69) is 14.7 Å². The molecule has 172 valence electrons. The summed E-state index contributed by atoms with van der Waals surface area (Å²) in [6, 6.07) is 18.8. The third kappa shape index (κ3) is 5.52. The molecule has 0 bridgehead atoms. The number of sulfonamides is 2.